The van der Waals surface area contributed by atoms with E-state index in [1.54, 1.807) is 0 Å². The average Bonchev–Trinajstić information content (AvgIpc) is 2.12. The number of hydrogen-bond donors (Lipinski definition) is 0. The monoisotopic (exact) mass is 192 g/mol. The van der Waals surface area contributed by atoms with Crippen molar-refractivity contribution in [2.75, 3.05) is 19.6 Å². The molecule has 1 aliphatic rings. The zero-order valence-corrected chi connectivity index (χ0v) is 9.29. The number of rotatable bonds is 3. The maximum Gasteiger partial charge on any atom is 0.0625 e. The van der Waals surface area contributed by atoms with E-state index >= 15 is 0 Å². The van der Waals surface area contributed by atoms with Crippen LogP contribution >= 0.6 is 0 Å². The minimum atomic E-state index is 0.327. The molecule has 14 heavy (non-hydrogen) atoms. The predicted octanol–water partition coefficient (Wildman–Crippen LogP) is 2.43. The molecule has 0 saturated carbocycles. The van der Waals surface area contributed by atoms with E-state index < -0.39 is 0 Å². The Morgan fingerprint density at radius 1 is 1.64 bits per heavy atom. The largest absolute Gasteiger partial charge is 0.299 e. The highest BCUT2D eigenvalue weighted by atomic mass is 15.1. The van der Waals surface area contributed by atoms with Gasteiger partial charge in [-0.3, -0.25) is 4.90 Å². The molecular weight excluding hydrogens is 172 g/mol. The van der Waals surface area contributed by atoms with Crippen molar-refractivity contribution in [2.45, 2.75) is 26.7 Å². The molecule has 2 heteroatoms. The Balaban J connectivity index is 2.58. The number of nitrogens with zero attached hydrogens (tertiary/aromatic N) is 2. The van der Waals surface area contributed by atoms with Gasteiger partial charge in [0.05, 0.1) is 6.07 Å². The average molecular weight is 192 g/mol. The Bertz CT molecular complexity index is 237. The van der Waals surface area contributed by atoms with Gasteiger partial charge in [-0.05, 0) is 24.3 Å². The Labute approximate surface area is 87.2 Å². The molecule has 0 radical (unpaired) electrons. The van der Waals surface area contributed by atoms with Gasteiger partial charge in [0.25, 0.3) is 0 Å². The summed E-state index contributed by atoms with van der Waals surface area (Å²) in [4.78, 5) is 2.39. The van der Waals surface area contributed by atoms with E-state index in [-0.39, 0.29) is 0 Å². The second kappa shape index (κ2) is 4.61. The van der Waals surface area contributed by atoms with Crippen molar-refractivity contribution >= 4 is 0 Å². The molecule has 0 bridgehead atoms. The maximum atomic E-state index is 8.78. The summed E-state index contributed by atoms with van der Waals surface area (Å²) in [6, 6.07) is 2.30. The van der Waals surface area contributed by atoms with Crippen molar-refractivity contribution in [2.24, 2.45) is 11.3 Å². The standard InChI is InChI=1S/C12H20N2/c1-4-8-14-9-6-12(2,3)11(10-14)5-7-13/h4,11H,1,5-6,8-10H2,2-3H3. The van der Waals surface area contributed by atoms with Crippen LogP contribution < -0.4 is 0 Å². The van der Waals surface area contributed by atoms with Crippen molar-refractivity contribution in [3.8, 4) is 6.07 Å². The van der Waals surface area contributed by atoms with Crippen LogP contribution in [0.2, 0.25) is 0 Å². The van der Waals surface area contributed by atoms with Crippen molar-refractivity contribution in [3.63, 3.8) is 0 Å². The molecule has 78 valence electrons. The Morgan fingerprint density at radius 2 is 2.36 bits per heavy atom. The number of likely N-dealkylation sites (tertiary alicyclic amines) is 1. The van der Waals surface area contributed by atoms with Crippen LogP contribution in [0.5, 0.6) is 0 Å². The molecule has 0 aromatic heterocycles. The summed E-state index contributed by atoms with van der Waals surface area (Å²) in [5, 5.41) is 8.78. The third-order valence-electron chi connectivity index (χ3n) is 3.38. The van der Waals surface area contributed by atoms with E-state index in [1.165, 1.54) is 6.42 Å². The van der Waals surface area contributed by atoms with Crippen molar-refractivity contribution in [1.82, 2.24) is 4.90 Å². The van der Waals surface area contributed by atoms with Crippen LogP contribution in [-0.4, -0.2) is 24.5 Å². The van der Waals surface area contributed by atoms with Crippen LogP contribution in [0.4, 0.5) is 0 Å². The van der Waals surface area contributed by atoms with E-state index in [2.05, 4.69) is 31.4 Å². The zero-order valence-electron chi connectivity index (χ0n) is 9.29. The summed E-state index contributed by atoms with van der Waals surface area (Å²) in [6.07, 6.45) is 3.82. The lowest BCUT2D eigenvalue weighted by Gasteiger charge is -2.42. The van der Waals surface area contributed by atoms with E-state index in [4.69, 9.17) is 5.26 Å². The highest BCUT2D eigenvalue weighted by Gasteiger charge is 2.34. The van der Waals surface area contributed by atoms with Gasteiger partial charge in [-0.2, -0.15) is 5.26 Å². The molecule has 0 aromatic carbocycles. The molecular formula is C12H20N2. The molecule has 0 spiro atoms. The topological polar surface area (TPSA) is 27.0 Å². The van der Waals surface area contributed by atoms with Crippen LogP contribution in [0, 0.1) is 22.7 Å². The molecule has 1 saturated heterocycles. The van der Waals surface area contributed by atoms with Gasteiger partial charge < -0.3 is 0 Å². The van der Waals surface area contributed by atoms with Crippen LogP contribution in [-0.2, 0) is 0 Å². The van der Waals surface area contributed by atoms with Crippen LogP contribution in [0.25, 0.3) is 0 Å². The van der Waals surface area contributed by atoms with Gasteiger partial charge in [-0.25, -0.2) is 0 Å². The van der Waals surface area contributed by atoms with Crippen LogP contribution in [0.1, 0.15) is 26.7 Å². The van der Waals surface area contributed by atoms with Gasteiger partial charge in [0, 0.05) is 19.5 Å². The molecule has 1 fully saturated rings. The van der Waals surface area contributed by atoms with E-state index in [0.29, 0.717) is 17.8 Å². The second-order valence-corrected chi connectivity index (χ2v) is 4.85. The van der Waals surface area contributed by atoms with E-state index in [0.717, 1.165) is 19.6 Å². The summed E-state index contributed by atoms with van der Waals surface area (Å²) in [7, 11) is 0. The lowest BCUT2D eigenvalue weighted by Crippen LogP contribution is -2.44. The Hall–Kier alpha value is -0.810. The van der Waals surface area contributed by atoms with Gasteiger partial charge in [0.2, 0.25) is 0 Å². The van der Waals surface area contributed by atoms with Gasteiger partial charge >= 0.3 is 0 Å². The molecule has 1 unspecified atom stereocenters. The van der Waals surface area contributed by atoms with Gasteiger partial charge in [-0.15, -0.1) is 6.58 Å². The summed E-state index contributed by atoms with van der Waals surface area (Å²) in [5.74, 6) is 0.515. The van der Waals surface area contributed by atoms with Crippen LogP contribution in [0.15, 0.2) is 12.7 Å². The molecule has 1 rings (SSSR count). The van der Waals surface area contributed by atoms with Gasteiger partial charge in [-0.1, -0.05) is 19.9 Å². The number of nitriles is 1. The third kappa shape index (κ3) is 2.59. The molecule has 1 heterocycles. The third-order valence-corrected chi connectivity index (χ3v) is 3.38. The molecule has 2 nitrogen and oxygen atoms in total. The zero-order chi connectivity index (χ0) is 10.6. The Morgan fingerprint density at radius 3 is 2.93 bits per heavy atom. The second-order valence-electron chi connectivity index (χ2n) is 4.85. The fourth-order valence-electron chi connectivity index (χ4n) is 2.10. The summed E-state index contributed by atoms with van der Waals surface area (Å²) in [6.45, 7) is 11.5. The number of piperidine rings is 1. The predicted molar refractivity (Wildman–Crippen MR) is 58.8 cm³/mol. The van der Waals surface area contributed by atoms with E-state index in [9.17, 15) is 0 Å². The lowest BCUT2D eigenvalue weighted by molar-refractivity contribution is 0.0702. The van der Waals surface area contributed by atoms with Crippen molar-refractivity contribution < 1.29 is 0 Å². The Kier molecular flexibility index (Phi) is 3.71. The van der Waals surface area contributed by atoms with Crippen LogP contribution in [0.3, 0.4) is 0 Å². The maximum absolute atomic E-state index is 8.78. The molecule has 1 aliphatic heterocycles. The number of hydrogen-bond acceptors (Lipinski definition) is 2. The highest BCUT2D eigenvalue weighted by Crippen LogP contribution is 2.37. The lowest BCUT2D eigenvalue weighted by atomic mass is 9.72. The SMILES string of the molecule is C=CCN1CCC(C)(C)C(CC#N)C1. The minimum absolute atomic E-state index is 0.327. The van der Waals surface area contributed by atoms with Gasteiger partial charge in [0.15, 0.2) is 0 Å². The smallest absolute Gasteiger partial charge is 0.0625 e. The first-order valence-corrected chi connectivity index (χ1v) is 5.30. The fourth-order valence-corrected chi connectivity index (χ4v) is 2.10. The van der Waals surface area contributed by atoms with Crippen molar-refractivity contribution in [3.05, 3.63) is 12.7 Å². The highest BCUT2D eigenvalue weighted by molar-refractivity contribution is 4.92. The molecule has 0 amide bonds. The fraction of sp³-hybridized carbons (Fsp3) is 0.750. The molecule has 1 atom stereocenters. The quantitative estimate of drug-likeness (QED) is 0.642. The first-order chi connectivity index (χ1) is 6.60. The van der Waals surface area contributed by atoms with Crippen molar-refractivity contribution in [1.29, 1.82) is 5.26 Å². The molecule has 0 aliphatic carbocycles. The first kappa shape index (κ1) is 11.3. The molecule has 0 aromatic rings. The van der Waals surface area contributed by atoms with Gasteiger partial charge in [0.1, 0.15) is 0 Å². The summed E-state index contributed by atoms with van der Waals surface area (Å²) in [5.41, 5.74) is 0.327. The normalized spacial score (nSPS) is 26.8. The first-order valence-electron chi connectivity index (χ1n) is 5.30. The summed E-state index contributed by atoms with van der Waals surface area (Å²) < 4.78 is 0. The minimum Gasteiger partial charge on any atom is -0.299 e. The summed E-state index contributed by atoms with van der Waals surface area (Å²) >= 11 is 0. The van der Waals surface area contributed by atoms with E-state index in [1.807, 2.05) is 6.08 Å². The molecule has 0 N–H and O–H groups in total.